The van der Waals surface area contributed by atoms with Crippen LogP contribution in [0.5, 0.6) is 0 Å². The maximum atomic E-state index is 11.0. The average Bonchev–Trinajstić information content (AvgIpc) is 1.94. The summed E-state index contributed by atoms with van der Waals surface area (Å²) in [6.07, 6.45) is 3.55. The van der Waals surface area contributed by atoms with E-state index in [1.807, 2.05) is 6.92 Å². The quantitative estimate of drug-likeness (QED) is 0.495. The van der Waals surface area contributed by atoms with Gasteiger partial charge in [-0.1, -0.05) is 19.4 Å². The van der Waals surface area contributed by atoms with Crippen molar-refractivity contribution < 1.29 is 14.4 Å². The molecule has 0 saturated carbocycles. The first kappa shape index (κ1) is 18.3. The minimum absolute atomic E-state index is 0.204. The van der Waals surface area contributed by atoms with Gasteiger partial charge in [-0.15, -0.1) is 0 Å². The molecule has 4 amide bonds. The van der Waals surface area contributed by atoms with E-state index in [2.05, 4.69) is 36.8 Å². The van der Waals surface area contributed by atoms with E-state index in [1.54, 1.807) is 6.08 Å². The van der Waals surface area contributed by atoms with Crippen molar-refractivity contribution in [2.45, 2.75) is 33.6 Å². The van der Waals surface area contributed by atoms with Gasteiger partial charge in [0, 0.05) is 6.42 Å². The van der Waals surface area contributed by atoms with Crippen LogP contribution in [0.3, 0.4) is 0 Å². The zero-order valence-corrected chi connectivity index (χ0v) is 11.0. The Kier molecular flexibility index (Phi) is 8.25. The monoisotopic (exact) mass is 258 g/mol. The smallest absolute Gasteiger partial charge is 0.309 e. The number of rotatable bonds is 0. The first-order valence-corrected chi connectivity index (χ1v) is 5.26. The summed E-state index contributed by atoms with van der Waals surface area (Å²) in [5.74, 6) is 0.286. The molecule has 18 heavy (non-hydrogen) atoms. The van der Waals surface area contributed by atoms with E-state index < -0.39 is 12.1 Å². The van der Waals surface area contributed by atoms with Crippen LogP contribution in [0.15, 0.2) is 11.6 Å². The number of hydrogen-bond acceptors (Lipinski definition) is 3. The van der Waals surface area contributed by atoms with Gasteiger partial charge in [0.25, 0.3) is 0 Å². The third-order valence-electron chi connectivity index (χ3n) is 1.82. The van der Waals surface area contributed by atoms with Crippen molar-refractivity contribution in [2.75, 3.05) is 0 Å². The normalized spacial score (nSPS) is 16.2. The summed E-state index contributed by atoms with van der Waals surface area (Å²) in [5.41, 5.74) is 18.4. The standard InChI is InChI=1S/C9H14O.2CH4N2O/c1-7-4-8(10)6-9(2,3)5-7;2*2-1(3)4/h4H,5-6H2,1-3H3;2*(H4,2,3,4). The lowest BCUT2D eigenvalue weighted by atomic mass is 9.77. The molecule has 1 aliphatic rings. The lowest BCUT2D eigenvalue weighted by molar-refractivity contribution is -0.117. The third kappa shape index (κ3) is 16.4. The lowest BCUT2D eigenvalue weighted by Crippen LogP contribution is -2.20. The summed E-state index contributed by atoms with van der Waals surface area (Å²) in [6, 6.07) is -1.67. The Labute approximate surface area is 107 Å². The van der Waals surface area contributed by atoms with Crippen LogP contribution in [0, 0.1) is 5.41 Å². The molecule has 0 atom stereocenters. The number of carbonyl (C=O) groups excluding carboxylic acids is 3. The molecule has 7 heteroatoms. The van der Waals surface area contributed by atoms with Crippen molar-refractivity contribution in [3.63, 3.8) is 0 Å². The van der Waals surface area contributed by atoms with Gasteiger partial charge in [-0.2, -0.15) is 0 Å². The maximum Gasteiger partial charge on any atom is 0.309 e. The fourth-order valence-electron chi connectivity index (χ4n) is 1.67. The molecule has 0 radical (unpaired) electrons. The molecule has 0 aromatic rings. The summed E-state index contributed by atoms with van der Waals surface area (Å²) >= 11 is 0. The van der Waals surface area contributed by atoms with Crippen LogP contribution < -0.4 is 22.9 Å². The van der Waals surface area contributed by atoms with Crippen molar-refractivity contribution in [1.82, 2.24) is 0 Å². The minimum Gasteiger partial charge on any atom is -0.352 e. The van der Waals surface area contributed by atoms with Crippen LogP contribution in [0.25, 0.3) is 0 Å². The summed E-state index contributed by atoms with van der Waals surface area (Å²) in [5, 5.41) is 0. The fraction of sp³-hybridized carbons (Fsp3) is 0.545. The number of carbonyl (C=O) groups is 3. The van der Waals surface area contributed by atoms with Crippen molar-refractivity contribution in [3.8, 4) is 0 Å². The van der Waals surface area contributed by atoms with Gasteiger partial charge in [0.2, 0.25) is 0 Å². The Balaban J connectivity index is 0. The molecular weight excluding hydrogens is 236 g/mol. The van der Waals surface area contributed by atoms with Gasteiger partial charge in [-0.05, 0) is 24.8 Å². The van der Waals surface area contributed by atoms with Crippen LogP contribution in [0.2, 0.25) is 0 Å². The van der Waals surface area contributed by atoms with Crippen LogP contribution >= 0.6 is 0 Å². The Morgan fingerprint density at radius 3 is 1.61 bits per heavy atom. The van der Waals surface area contributed by atoms with Crippen molar-refractivity contribution in [1.29, 1.82) is 0 Å². The zero-order valence-electron chi connectivity index (χ0n) is 11.0. The highest BCUT2D eigenvalue weighted by atomic mass is 16.2. The van der Waals surface area contributed by atoms with Crippen molar-refractivity contribution in [3.05, 3.63) is 11.6 Å². The van der Waals surface area contributed by atoms with Gasteiger partial charge in [-0.25, -0.2) is 9.59 Å². The third-order valence-corrected chi connectivity index (χ3v) is 1.82. The van der Waals surface area contributed by atoms with Crippen LogP contribution in [0.1, 0.15) is 33.6 Å². The molecule has 0 saturated heterocycles. The number of hydrogen-bond donors (Lipinski definition) is 4. The molecular formula is C11H22N4O3. The molecule has 8 N–H and O–H groups in total. The molecule has 0 fully saturated rings. The number of amides is 4. The Morgan fingerprint density at radius 1 is 1.06 bits per heavy atom. The number of ketones is 1. The van der Waals surface area contributed by atoms with Gasteiger partial charge in [0.05, 0.1) is 0 Å². The summed E-state index contributed by atoms with van der Waals surface area (Å²) < 4.78 is 0. The molecule has 1 rings (SSSR count). The predicted octanol–water partition coefficient (Wildman–Crippen LogP) is 0.369. The summed E-state index contributed by atoms with van der Waals surface area (Å²) in [7, 11) is 0. The minimum atomic E-state index is -0.833. The molecule has 0 aromatic heterocycles. The fourth-order valence-corrected chi connectivity index (χ4v) is 1.67. The molecule has 0 bridgehead atoms. The van der Waals surface area contributed by atoms with E-state index in [-0.39, 0.29) is 11.2 Å². The topological polar surface area (TPSA) is 155 Å². The molecule has 1 aliphatic carbocycles. The van der Waals surface area contributed by atoms with Crippen LogP contribution in [-0.4, -0.2) is 17.8 Å². The van der Waals surface area contributed by atoms with E-state index in [9.17, 15) is 4.79 Å². The SMILES string of the molecule is CC1=CC(=O)CC(C)(C)C1.NC(N)=O.NC(N)=O. The largest absolute Gasteiger partial charge is 0.352 e. The molecule has 7 nitrogen and oxygen atoms in total. The zero-order chi connectivity index (χ0) is 14.9. The molecule has 0 heterocycles. The van der Waals surface area contributed by atoms with Crippen molar-refractivity contribution >= 4 is 17.8 Å². The maximum absolute atomic E-state index is 11.0. The number of urea groups is 2. The van der Waals surface area contributed by atoms with E-state index in [0.717, 1.165) is 6.42 Å². The van der Waals surface area contributed by atoms with Crippen LogP contribution in [0.4, 0.5) is 9.59 Å². The number of nitrogens with two attached hydrogens (primary N) is 4. The lowest BCUT2D eigenvalue weighted by Gasteiger charge is -2.27. The second-order valence-electron chi connectivity index (χ2n) is 4.78. The van der Waals surface area contributed by atoms with E-state index in [1.165, 1.54) is 5.57 Å². The second kappa shape index (κ2) is 8.10. The average molecular weight is 258 g/mol. The van der Waals surface area contributed by atoms with Crippen LogP contribution in [-0.2, 0) is 4.79 Å². The summed E-state index contributed by atoms with van der Waals surface area (Å²) in [6.45, 7) is 6.31. The Bertz CT molecular complexity index is 328. The van der Waals surface area contributed by atoms with Crippen molar-refractivity contribution in [2.24, 2.45) is 28.3 Å². The molecule has 0 unspecified atom stereocenters. The van der Waals surface area contributed by atoms with E-state index in [0.29, 0.717) is 6.42 Å². The highest BCUT2D eigenvalue weighted by Crippen LogP contribution is 2.32. The summed E-state index contributed by atoms with van der Waals surface area (Å²) in [4.78, 5) is 29.0. The molecule has 0 aromatic carbocycles. The first-order chi connectivity index (χ1) is 7.96. The van der Waals surface area contributed by atoms with Gasteiger partial charge < -0.3 is 22.9 Å². The van der Waals surface area contributed by atoms with Gasteiger partial charge in [0.15, 0.2) is 5.78 Å². The number of allylic oxidation sites excluding steroid dienone is 2. The van der Waals surface area contributed by atoms with Gasteiger partial charge in [-0.3, -0.25) is 4.79 Å². The first-order valence-electron chi connectivity index (χ1n) is 5.26. The van der Waals surface area contributed by atoms with Gasteiger partial charge in [0.1, 0.15) is 0 Å². The highest BCUT2D eigenvalue weighted by molar-refractivity contribution is 5.91. The van der Waals surface area contributed by atoms with Gasteiger partial charge >= 0.3 is 12.1 Å². The Morgan fingerprint density at radius 2 is 1.39 bits per heavy atom. The second-order valence-corrected chi connectivity index (χ2v) is 4.78. The molecule has 0 spiro atoms. The highest BCUT2D eigenvalue weighted by Gasteiger charge is 2.25. The van der Waals surface area contributed by atoms with E-state index in [4.69, 9.17) is 9.59 Å². The predicted molar refractivity (Wildman–Crippen MR) is 69.3 cm³/mol. The Hall–Kier alpha value is -2.05. The molecule has 0 aliphatic heterocycles. The number of primary amides is 4. The molecule has 104 valence electrons. The van der Waals surface area contributed by atoms with E-state index >= 15 is 0 Å².